The third-order valence-electron chi connectivity index (χ3n) is 4.63. The van der Waals surface area contributed by atoms with Crippen LogP contribution in [0, 0.1) is 0 Å². The number of nitrogens with zero attached hydrogens (tertiary/aromatic N) is 2. The second-order valence-corrected chi connectivity index (χ2v) is 14.1. The molecular formula is C22H26F3N3OSi. The molecule has 0 saturated heterocycles. The summed E-state index contributed by atoms with van der Waals surface area (Å²) >= 11 is 0. The number of halogens is 3. The van der Waals surface area contributed by atoms with Crippen molar-refractivity contribution in [3.05, 3.63) is 60.3 Å². The first kappa shape index (κ1) is 22.1. The van der Waals surface area contributed by atoms with Crippen molar-refractivity contribution < 1.29 is 17.9 Å². The molecule has 0 amide bonds. The molecule has 0 radical (unpaired) electrons. The molecule has 160 valence electrons. The highest BCUT2D eigenvalue weighted by Gasteiger charge is 2.30. The summed E-state index contributed by atoms with van der Waals surface area (Å²) in [5, 5.41) is 0. The van der Waals surface area contributed by atoms with Gasteiger partial charge in [-0.25, -0.2) is 4.98 Å². The van der Waals surface area contributed by atoms with E-state index < -0.39 is 19.8 Å². The predicted octanol–water partition coefficient (Wildman–Crippen LogP) is 6.13. The van der Waals surface area contributed by atoms with Gasteiger partial charge in [-0.15, -0.1) is 0 Å². The molecule has 0 spiro atoms. The summed E-state index contributed by atoms with van der Waals surface area (Å²) in [6, 6.07) is 13.5. The van der Waals surface area contributed by atoms with Gasteiger partial charge < -0.3 is 15.0 Å². The zero-order valence-electron chi connectivity index (χ0n) is 17.3. The highest BCUT2D eigenvalue weighted by Crippen LogP contribution is 2.33. The molecule has 30 heavy (non-hydrogen) atoms. The van der Waals surface area contributed by atoms with Crippen molar-refractivity contribution in [2.45, 2.75) is 38.6 Å². The van der Waals surface area contributed by atoms with Crippen molar-refractivity contribution in [2.24, 2.45) is 0 Å². The van der Waals surface area contributed by atoms with E-state index in [1.165, 1.54) is 6.07 Å². The molecule has 4 nitrogen and oxygen atoms in total. The first-order valence-corrected chi connectivity index (χ1v) is 13.4. The van der Waals surface area contributed by atoms with Gasteiger partial charge in [0.25, 0.3) is 0 Å². The van der Waals surface area contributed by atoms with Gasteiger partial charge in [0, 0.05) is 37.7 Å². The fraction of sp³-hybridized carbons (Fsp3) is 0.318. The largest absolute Gasteiger partial charge is 0.416 e. The van der Waals surface area contributed by atoms with Crippen LogP contribution in [0.25, 0.3) is 22.6 Å². The monoisotopic (exact) mass is 433 g/mol. The predicted molar refractivity (Wildman–Crippen MR) is 117 cm³/mol. The van der Waals surface area contributed by atoms with E-state index in [1.54, 1.807) is 24.4 Å². The number of aromatic nitrogens is 2. The summed E-state index contributed by atoms with van der Waals surface area (Å²) in [6.45, 7) is 7.72. The minimum atomic E-state index is -4.41. The topological polar surface area (TPSA) is 53.1 Å². The molecule has 1 aromatic heterocycles. The van der Waals surface area contributed by atoms with Gasteiger partial charge in [-0.2, -0.15) is 13.2 Å². The second kappa shape index (κ2) is 8.65. The van der Waals surface area contributed by atoms with Crippen molar-refractivity contribution in [1.82, 2.24) is 9.55 Å². The van der Waals surface area contributed by atoms with Gasteiger partial charge in [0.1, 0.15) is 12.6 Å². The normalized spacial score (nSPS) is 12.3. The molecular weight excluding hydrogens is 407 g/mol. The Kier molecular flexibility index (Phi) is 6.38. The van der Waals surface area contributed by atoms with Crippen LogP contribution in [0.1, 0.15) is 5.56 Å². The first-order chi connectivity index (χ1) is 14.0. The Labute approximate surface area is 175 Å². The summed E-state index contributed by atoms with van der Waals surface area (Å²) in [5.41, 5.74) is 7.43. The zero-order chi connectivity index (χ0) is 21.9. The minimum Gasteiger partial charge on any atom is -0.399 e. The number of nitrogens with two attached hydrogens (primary N) is 1. The summed E-state index contributed by atoms with van der Waals surface area (Å²) in [5.74, 6) is 0.600. The maximum atomic E-state index is 13.1. The Morgan fingerprint density at radius 3 is 2.40 bits per heavy atom. The van der Waals surface area contributed by atoms with E-state index in [0.29, 0.717) is 29.4 Å². The van der Waals surface area contributed by atoms with Gasteiger partial charge in [-0.05, 0) is 30.3 Å². The quantitative estimate of drug-likeness (QED) is 0.277. The molecule has 0 aliphatic carbocycles. The van der Waals surface area contributed by atoms with E-state index >= 15 is 0 Å². The van der Waals surface area contributed by atoms with Gasteiger partial charge in [-0.1, -0.05) is 43.9 Å². The Hall–Kier alpha value is -2.58. The van der Waals surface area contributed by atoms with Crippen LogP contribution in [0.2, 0.25) is 25.7 Å². The summed E-state index contributed by atoms with van der Waals surface area (Å²) < 4.78 is 47.0. The highest BCUT2D eigenvalue weighted by atomic mass is 28.3. The molecule has 2 aromatic carbocycles. The number of ether oxygens (including phenoxy) is 1. The Balaban J connectivity index is 1.94. The van der Waals surface area contributed by atoms with E-state index in [4.69, 9.17) is 10.5 Å². The summed E-state index contributed by atoms with van der Waals surface area (Å²) in [6.07, 6.45) is -2.68. The number of hydrogen-bond acceptors (Lipinski definition) is 3. The number of anilines is 1. The molecule has 1 heterocycles. The van der Waals surface area contributed by atoms with E-state index in [-0.39, 0.29) is 6.73 Å². The van der Waals surface area contributed by atoms with Crippen LogP contribution < -0.4 is 5.73 Å². The molecule has 0 unspecified atom stereocenters. The van der Waals surface area contributed by atoms with Crippen LogP contribution in [0.4, 0.5) is 18.9 Å². The van der Waals surface area contributed by atoms with Crippen molar-refractivity contribution in [2.75, 3.05) is 12.3 Å². The van der Waals surface area contributed by atoms with Crippen LogP contribution in [-0.4, -0.2) is 24.2 Å². The van der Waals surface area contributed by atoms with E-state index in [9.17, 15) is 13.2 Å². The standard InChI is InChI=1S/C22H26F3N3OSi/c1-30(2,3)11-10-29-15-28-14-20(16-6-4-8-18(12-16)22(23,24)25)27-21(28)17-7-5-9-19(26)13-17/h4-9,12-14H,10-11,15,26H2,1-3H3. The summed E-state index contributed by atoms with van der Waals surface area (Å²) in [4.78, 5) is 4.61. The number of nitrogen functional groups attached to an aromatic ring is 1. The average molecular weight is 434 g/mol. The van der Waals surface area contributed by atoms with Crippen molar-refractivity contribution >= 4 is 13.8 Å². The molecule has 0 aliphatic heterocycles. The highest BCUT2D eigenvalue weighted by molar-refractivity contribution is 6.76. The SMILES string of the molecule is C[Si](C)(C)CCOCn1cc(-c2cccc(C(F)(F)F)c2)nc1-c1cccc(N)c1. The fourth-order valence-electron chi connectivity index (χ4n) is 2.96. The lowest BCUT2D eigenvalue weighted by Crippen LogP contribution is -2.22. The molecule has 0 fully saturated rings. The lowest BCUT2D eigenvalue weighted by molar-refractivity contribution is -0.137. The molecule has 3 rings (SSSR count). The molecule has 0 bridgehead atoms. The fourth-order valence-corrected chi connectivity index (χ4v) is 3.71. The van der Waals surface area contributed by atoms with Crippen LogP contribution in [0.5, 0.6) is 0 Å². The van der Waals surface area contributed by atoms with E-state index in [1.807, 2.05) is 16.7 Å². The van der Waals surface area contributed by atoms with Crippen LogP contribution >= 0.6 is 0 Å². The van der Waals surface area contributed by atoms with Gasteiger partial charge in [0.15, 0.2) is 0 Å². The minimum absolute atomic E-state index is 0.264. The first-order valence-electron chi connectivity index (χ1n) is 9.71. The van der Waals surface area contributed by atoms with Crippen molar-refractivity contribution in [3.63, 3.8) is 0 Å². The van der Waals surface area contributed by atoms with E-state index in [0.717, 1.165) is 23.7 Å². The Morgan fingerprint density at radius 2 is 1.73 bits per heavy atom. The number of alkyl halides is 3. The lowest BCUT2D eigenvalue weighted by Gasteiger charge is -2.16. The number of rotatable bonds is 7. The van der Waals surface area contributed by atoms with Crippen LogP contribution in [0.15, 0.2) is 54.7 Å². The maximum Gasteiger partial charge on any atom is 0.416 e. The molecule has 0 atom stereocenters. The van der Waals surface area contributed by atoms with E-state index in [2.05, 4.69) is 24.6 Å². The second-order valence-electron chi connectivity index (χ2n) is 8.47. The number of imidazole rings is 1. The number of benzene rings is 2. The van der Waals surface area contributed by atoms with Gasteiger partial charge in [0.2, 0.25) is 0 Å². The van der Waals surface area contributed by atoms with Gasteiger partial charge in [-0.3, -0.25) is 0 Å². The number of hydrogen-bond donors (Lipinski definition) is 1. The van der Waals surface area contributed by atoms with Gasteiger partial charge >= 0.3 is 6.18 Å². The molecule has 0 saturated carbocycles. The van der Waals surface area contributed by atoms with Crippen molar-refractivity contribution in [1.29, 1.82) is 0 Å². The van der Waals surface area contributed by atoms with Crippen LogP contribution in [-0.2, 0) is 17.6 Å². The molecule has 3 aromatic rings. The summed E-state index contributed by atoms with van der Waals surface area (Å²) in [7, 11) is -1.23. The molecule has 2 N–H and O–H groups in total. The van der Waals surface area contributed by atoms with Crippen LogP contribution in [0.3, 0.4) is 0 Å². The van der Waals surface area contributed by atoms with Gasteiger partial charge in [0.05, 0.1) is 11.3 Å². The van der Waals surface area contributed by atoms with Crippen molar-refractivity contribution in [3.8, 4) is 22.6 Å². The maximum absolute atomic E-state index is 13.1. The zero-order valence-corrected chi connectivity index (χ0v) is 18.3. The molecule has 8 heteroatoms. The molecule has 0 aliphatic rings. The lowest BCUT2D eigenvalue weighted by atomic mass is 10.1. The average Bonchev–Trinajstić information content (AvgIpc) is 3.08. The Bertz CT molecular complexity index is 1010. The Morgan fingerprint density at radius 1 is 1.03 bits per heavy atom. The smallest absolute Gasteiger partial charge is 0.399 e. The third-order valence-corrected chi connectivity index (χ3v) is 6.34. The third kappa shape index (κ3) is 5.73.